The molecular formula is C14H24N2OS. The van der Waals surface area contributed by atoms with Crippen molar-refractivity contribution in [3.8, 4) is 0 Å². The molecule has 2 fully saturated rings. The van der Waals surface area contributed by atoms with Crippen LogP contribution in [0.25, 0.3) is 0 Å². The van der Waals surface area contributed by atoms with Crippen molar-refractivity contribution in [2.45, 2.75) is 64.3 Å². The Hall–Kier alpha value is -0.640. The fraction of sp³-hybridized carbons (Fsp3) is 0.857. The molecule has 0 saturated heterocycles. The van der Waals surface area contributed by atoms with Crippen LogP contribution in [-0.2, 0) is 4.79 Å². The van der Waals surface area contributed by atoms with Crippen molar-refractivity contribution in [1.82, 2.24) is 4.90 Å². The van der Waals surface area contributed by atoms with E-state index in [1.807, 2.05) is 0 Å². The smallest absolute Gasteiger partial charge is 0.235 e. The lowest BCUT2D eigenvalue weighted by Crippen LogP contribution is -2.57. The first-order valence-corrected chi connectivity index (χ1v) is 7.63. The third-order valence-electron chi connectivity index (χ3n) is 4.71. The second-order valence-corrected chi connectivity index (χ2v) is 6.12. The van der Waals surface area contributed by atoms with Gasteiger partial charge in [-0.05, 0) is 32.6 Å². The molecule has 0 aromatic carbocycles. The number of hydrogen-bond donors (Lipinski definition) is 1. The molecular weight excluding hydrogens is 244 g/mol. The molecule has 18 heavy (non-hydrogen) atoms. The molecule has 0 bridgehead atoms. The van der Waals surface area contributed by atoms with Crippen LogP contribution in [0, 0.1) is 5.41 Å². The fourth-order valence-corrected chi connectivity index (χ4v) is 3.62. The van der Waals surface area contributed by atoms with Gasteiger partial charge in [-0.15, -0.1) is 0 Å². The second kappa shape index (κ2) is 5.55. The Bertz CT molecular complexity index is 333. The first-order valence-electron chi connectivity index (χ1n) is 7.23. The standard InChI is InChI=1S/C14H24N2OS/c1-2-16(11-7-4-3-5-8-11)13(17)14(12(15)18)9-6-10-14/h11H,2-10H2,1H3,(H2,15,18). The normalized spacial score (nSPS) is 23.2. The molecule has 0 radical (unpaired) electrons. The Morgan fingerprint density at radius 1 is 1.28 bits per heavy atom. The van der Waals surface area contributed by atoms with Gasteiger partial charge >= 0.3 is 0 Å². The summed E-state index contributed by atoms with van der Waals surface area (Å²) < 4.78 is 0. The number of rotatable bonds is 4. The molecule has 0 aromatic heterocycles. The fourth-order valence-electron chi connectivity index (χ4n) is 3.33. The predicted molar refractivity (Wildman–Crippen MR) is 77.3 cm³/mol. The quantitative estimate of drug-likeness (QED) is 0.797. The maximum absolute atomic E-state index is 12.8. The summed E-state index contributed by atoms with van der Waals surface area (Å²) in [4.78, 5) is 15.2. The van der Waals surface area contributed by atoms with Gasteiger partial charge in [-0.3, -0.25) is 4.79 Å². The summed E-state index contributed by atoms with van der Waals surface area (Å²) in [6, 6.07) is 0.420. The van der Waals surface area contributed by atoms with Gasteiger partial charge in [0, 0.05) is 12.6 Å². The maximum atomic E-state index is 12.8. The van der Waals surface area contributed by atoms with E-state index in [1.165, 1.54) is 19.3 Å². The average molecular weight is 268 g/mol. The average Bonchev–Trinajstić information content (AvgIpc) is 2.29. The van der Waals surface area contributed by atoms with Gasteiger partial charge in [0.25, 0.3) is 0 Å². The van der Waals surface area contributed by atoms with E-state index in [-0.39, 0.29) is 5.91 Å². The van der Waals surface area contributed by atoms with E-state index in [0.717, 1.165) is 38.6 Å². The molecule has 102 valence electrons. The SMILES string of the molecule is CCN(C(=O)C1(C(N)=S)CCC1)C1CCCCC1. The van der Waals surface area contributed by atoms with Gasteiger partial charge in [-0.25, -0.2) is 0 Å². The van der Waals surface area contributed by atoms with Crippen molar-refractivity contribution in [2.24, 2.45) is 11.1 Å². The van der Waals surface area contributed by atoms with Crippen LogP contribution in [0.3, 0.4) is 0 Å². The van der Waals surface area contributed by atoms with Crippen molar-refractivity contribution in [3.05, 3.63) is 0 Å². The van der Waals surface area contributed by atoms with E-state index in [0.29, 0.717) is 11.0 Å². The lowest BCUT2D eigenvalue weighted by atomic mass is 9.67. The molecule has 0 unspecified atom stereocenters. The Morgan fingerprint density at radius 3 is 2.28 bits per heavy atom. The van der Waals surface area contributed by atoms with Crippen molar-refractivity contribution in [1.29, 1.82) is 0 Å². The van der Waals surface area contributed by atoms with E-state index in [1.54, 1.807) is 0 Å². The predicted octanol–water partition coefficient (Wildman–Crippen LogP) is 2.62. The Morgan fingerprint density at radius 2 is 1.89 bits per heavy atom. The molecule has 2 aliphatic rings. The van der Waals surface area contributed by atoms with Crippen molar-refractivity contribution in [3.63, 3.8) is 0 Å². The molecule has 0 aromatic rings. The minimum Gasteiger partial charge on any atom is -0.392 e. The Kier molecular flexibility index (Phi) is 4.25. The number of amides is 1. The van der Waals surface area contributed by atoms with E-state index in [2.05, 4.69) is 11.8 Å². The first-order chi connectivity index (χ1) is 8.62. The van der Waals surface area contributed by atoms with Gasteiger partial charge in [0.15, 0.2) is 0 Å². The van der Waals surface area contributed by atoms with E-state index in [9.17, 15) is 4.79 Å². The number of carbonyl (C=O) groups is 1. The zero-order valence-corrected chi connectivity index (χ0v) is 12.1. The lowest BCUT2D eigenvalue weighted by molar-refractivity contribution is -0.144. The minimum absolute atomic E-state index is 0.204. The van der Waals surface area contributed by atoms with Crippen LogP contribution in [0.5, 0.6) is 0 Å². The maximum Gasteiger partial charge on any atom is 0.235 e. The summed E-state index contributed by atoms with van der Waals surface area (Å²) in [6.07, 6.45) is 8.87. The molecule has 1 amide bonds. The highest BCUT2D eigenvalue weighted by atomic mass is 32.1. The van der Waals surface area contributed by atoms with Crippen LogP contribution in [0.4, 0.5) is 0 Å². The summed E-state index contributed by atoms with van der Waals surface area (Å²) in [5.41, 5.74) is 5.34. The molecule has 0 atom stereocenters. The van der Waals surface area contributed by atoms with Crippen LogP contribution < -0.4 is 5.73 Å². The zero-order valence-electron chi connectivity index (χ0n) is 11.3. The molecule has 2 aliphatic carbocycles. The van der Waals surface area contributed by atoms with Crippen LogP contribution in [0.1, 0.15) is 58.3 Å². The molecule has 3 nitrogen and oxygen atoms in total. The van der Waals surface area contributed by atoms with Crippen molar-refractivity contribution < 1.29 is 4.79 Å². The van der Waals surface area contributed by atoms with Crippen LogP contribution in [0.15, 0.2) is 0 Å². The molecule has 4 heteroatoms. The Labute approximate surface area is 115 Å². The third-order valence-corrected chi connectivity index (χ3v) is 5.10. The highest BCUT2D eigenvalue weighted by Crippen LogP contribution is 2.43. The van der Waals surface area contributed by atoms with Gasteiger partial charge in [-0.1, -0.05) is 37.9 Å². The molecule has 2 rings (SSSR count). The van der Waals surface area contributed by atoms with Gasteiger partial charge in [0.1, 0.15) is 0 Å². The van der Waals surface area contributed by atoms with E-state index in [4.69, 9.17) is 18.0 Å². The topological polar surface area (TPSA) is 46.3 Å². The van der Waals surface area contributed by atoms with Crippen LogP contribution >= 0.6 is 12.2 Å². The summed E-state index contributed by atoms with van der Waals surface area (Å²) in [5.74, 6) is 0.204. The molecule has 0 spiro atoms. The van der Waals surface area contributed by atoms with E-state index < -0.39 is 5.41 Å². The van der Waals surface area contributed by atoms with Gasteiger partial charge < -0.3 is 10.6 Å². The molecule has 0 aliphatic heterocycles. The molecule has 2 saturated carbocycles. The largest absolute Gasteiger partial charge is 0.392 e. The van der Waals surface area contributed by atoms with Gasteiger partial charge in [0.05, 0.1) is 10.4 Å². The monoisotopic (exact) mass is 268 g/mol. The number of hydrogen-bond acceptors (Lipinski definition) is 2. The number of nitrogens with zero attached hydrogens (tertiary/aromatic N) is 1. The van der Waals surface area contributed by atoms with E-state index >= 15 is 0 Å². The minimum atomic E-state index is -0.497. The summed E-state index contributed by atoms with van der Waals surface area (Å²) in [5, 5.41) is 0. The number of carbonyl (C=O) groups excluding carboxylic acids is 1. The number of thiocarbonyl (C=S) groups is 1. The zero-order chi connectivity index (χ0) is 13.2. The first kappa shape index (κ1) is 13.8. The summed E-state index contributed by atoms with van der Waals surface area (Å²) >= 11 is 5.16. The highest BCUT2D eigenvalue weighted by molar-refractivity contribution is 7.80. The second-order valence-electron chi connectivity index (χ2n) is 5.68. The number of nitrogens with two attached hydrogens (primary N) is 1. The summed E-state index contributed by atoms with van der Waals surface area (Å²) in [7, 11) is 0. The van der Waals surface area contributed by atoms with Gasteiger partial charge in [0.2, 0.25) is 5.91 Å². The van der Waals surface area contributed by atoms with Crippen molar-refractivity contribution in [2.75, 3.05) is 6.54 Å². The van der Waals surface area contributed by atoms with Crippen LogP contribution in [-0.4, -0.2) is 28.4 Å². The van der Waals surface area contributed by atoms with Crippen LogP contribution in [0.2, 0.25) is 0 Å². The Balaban J connectivity index is 2.11. The van der Waals surface area contributed by atoms with Crippen molar-refractivity contribution >= 4 is 23.1 Å². The summed E-state index contributed by atoms with van der Waals surface area (Å²) in [6.45, 7) is 2.85. The molecule has 2 N–H and O–H groups in total. The lowest BCUT2D eigenvalue weighted by Gasteiger charge is -2.45. The third kappa shape index (κ3) is 2.27. The highest BCUT2D eigenvalue weighted by Gasteiger charge is 2.49. The molecule has 0 heterocycles. The van der Waals surface area contributed by atoms with Gasteiger partial charge in [-0.2, -0.15) is 0 Å².